The highest BCUT2D eigenvalue weighted by Crippen LogP contribution is 2.21. The zero-order chi connectivity index (χ0) is 22.6. The fourth-order valence-corrected chi connectivity index (χ4v) is 3.86. The van der Waals surface area contributed by atoms with E-state index in [1.54, 1.807) is 0 Å². The molecule has 0 saturated carbocycles. The number of carbonyl (C=O) groups is 2. The second-order valence-corrected chi connectivity index (χ2v) is 8.56. The molecule has 5 N–H and O–H groups in total. The van der Waals surface area contributed by atoms with Gasteiger partial charge in [-0.2, -0.15) is 0 Å². The molecule has 30 heavy (non-hydrogen) atoms. The number of rotatable bonds is 19. The smallest absolute Gasteiger partial charge is 0.321 e. The highest BCUT2D eigenvalue weighted by Gasteiger charge is 2.20. The first-order valence-electron chi connectivity index (χ1n) is 10.9. The summed E-state index contributed by atoms with van der Waals surface area (Å²) in [6, 6.07) is -1.00. The summed E-state index contributed by atoms with van der Waals surface area (Å²) in [5, 5.41) is 27.7. The van der Waals surface area contributed by atoms with Gasteiger partial charge in [-0.15, -0.1) is 11.8 Å². The van der Waals surface area contributed by atoms with Crippen molar-refractivity contribution in [2.45, 2.75) is 88.5 Å². The van der Waals surface area contributed by atoms with Gasteiger partial charge >= 0.3 is 11.9 Å². The van der Waals surface area contributed by atoms with Crippen molar-refractivity contribution in [1.29, 1.82) is 0 Å². The molecule has 0 rings (SSSR count). The molecule has 0 aromatic carbocycles. The maximum Gasteiger partial charge on any atom is 0.321 e. The Hall–Kier alpha value is -1.57. The van der Waals surface area contributed by atoms with Gasteiger partial charge in [-0.25, -0.2) is 0 Å². The number of aliphatic carboxylic acids is 2. The van der Waals surface area contributed by atoms with Gasteiger partial charge in [0.15, 0.2) is 0 Å². The summed E-state index contributed by atoms with van der Waals surface area (Å²) >= 11 is 1.27. The average molecular weight is 442 g/mol. The first kappa shape index (κ1) is 28.4. The molecule has 0 heterocycles. The van der Waals surface area contributed by atoms with E-state index in [0.717, 1.165) is 6.42 Å². The van der Waals surface area contributed by atoms with Crippen LogP contribution in [-0.2, 0) is 9.59 Å². The zero-order valence-corrected chi connectivity index (χ0v) is 18.9. The molecule has 0 aliphatic heterocycles. The summed E-state index contributed by atoms with van der Waals surface area (Å²) in [6.45, 7) is 2.22. The molecule has 0 aliphatic rings. The van der Waals surface area contributed by atoms with Crippen molar-refractivity contribution in [3.63, 3.8) is 0 Å². The molecule has 7 heteroatoms. The van der Waals surface area contributed by atoms with Gasteiger partial charge in [-0.3, -0.25) is 9.59 Å². The SMILES string of the molecule is CCCCCCCCC=C/C=C/C=C/C(SCC(N)C(=O)O)C(O)CCCC(=O)O. The monoisotopic (exact) mass is 441 g/mol. The second-order valence-electron chi connectivity index (χ2n) is 7.35. The van der Waals surface area contributed by atoms with Crippen LogP contribution in [0.2, 0.25) is 0 Å². The van der Waals surface area contributed by atoms with E-state index in [9.17, 15) is 14.7 Å². The third-order valence-corrected chi connectivity index (χ3v) is 5.96. The summed E-state index contributed by atoms with van der Waals surface area (Å²) in [5.41, 5.74) is 5.55. The molecule has 3 unspecified atom stereocenters. The molecule has 0 saturated heterocycles. The highest BCUT2D eigenvalue weighted by molar-refractivity contribution is 8.00. The number of carboxylic acid groups (broad SMARTS) is 2. The van der Waals surface area contributed by atoms with Crippen LogP contribution in [0.25, 0.3) is 0 Å². The van der Waals surface area contributed by atoms with Crippen molar-refractivity contribution in [1.82, 2.24) is 0 Å². The molecule has 0 aliphatic carbocycles. The van der Waals surface area contributed by atoms with Gasteiger partial charge in [-0.05, 0) is 25.7 Å². The van der Waals surface area contributed by atoms with Gasteiger partial charge in [0.2, 0.25) is 0 Å². The van der Waals surface area contributed by atoms with E-state index < -0.39 is 24.1 Å². The van der Waals surface area contributed by atoms with E-state index in [-0.39, 0.29) is 17.4 Å². The van der Waals surface area contributed by atoms with Gasteiger partial charge in [-0.1, -0.05) is 75.5 Å². The van der Waals surface area contributed by atoms with Crippen LogP contribution in [0.1, 0.15) is 71.1 Å². The van der Waals surface area contributed by atoms with E-state index in [4.69, 9.17) is 15.9 Å². The predicted molar refractivity (Wildman–Crippen MR) is 125 cm³/mol. The lowest BCUT2D eigenvalue weighted by molar-refractivity contribution is -0.138. The molecule has 0 fully saturated rings. The predicted octanol–water partition coefficient (Wildman–Crippen LogP) is 4.54. The Morgan fingerprint density at radius 3 is 2.30 bits per heavy atom. The summed E-state index contributed by atoms with van der Waals surface area (Å²) in [7, 11) is 0. The lowest BCUT2D eigenvalue weighted by Crippen LogP contribution is -2.34. The molecular weight excluding hydrogens is 402 g/mol. The topological polar surface area (TPSA) is 121 Å². The number of nitrogens with two attached hydrogens (primary N) is 1. The van der Waals surface area contributed by atoms with Gasteiger partial charge in [0.25, 0.3) is 0 Å². The molecule has 172 valence electrons. The van der Waals surface area contributed by atoms with Crippen molar-refractivity contribution < 1.29 is 24.9 Å². The zero-order valence-electron chi connectivity index (χ0n) is 18.1. The normalized spacial score (nSPS) is 15.2. The summed E-state index contributed by atoms with van der Waals surface area (Å²) < 4.78 is 0. The maximum atomic E-state index is 10.9. The Labute approximate surface area is 185 Å². The number of aliphatic hydroxyl groups is 1. The van der Waals surface area contributed by atoms with E-state index in [1.807, 2.05) is 30.4 Å². The number of thioether (sulfide) groups is 1. The molecule has 0 bridgehead atoms. The standard InChI is InChI=1S/C23H39NO5S/c1-2-3-4-5-6-7-8-9-10-11-12-13-16-21(30-18-19(24)23(28)29)20(25)15-14-17-22(26)27/h9-13,16,19-21,25H,2-8,14-15,17-18,24H2,1H3,(H,26,27)(H,28,29)/b10-9?,12-11+,16-13+. The molecule has 0 radical (unpaired) electrons. The minimum atomic E-state index is -1.08. The highest BCUT2D eigenvalue weighted by atomic mass is 32.2. The minimum absolute atomic E-state index is 0.00387. The number of unbranched alkanes of at least 4 members (excludes halogenated alkanes) is 6. The Bertz CT molecular complexity index is 548. The van der Waals surface area contributed by atoms with Crippen LogP contribution < -0.4 is 5.73 Å². The molecule has 3 atom stereocenters. The fraction of sp³-hybridized carbons (Fsp3) is 0.652. The lowest BCUT2D eigenvalue weighted by atomic mass is 10.1. The second kappa shape index (κ2) is 19.4. The Kier molecular flexibility index (Phi) is 18.4. The van der Waals surface area contributed by atoms with Crippen LogP contribution in [0.5, 0.6) is 0 Å². The largest absolute Gasteiger partial charge is 0.481 e. The third kappa shape index (κ3) is 17.3. The number of allylic oxidation sites excluding steroid dienone is 5. The van der Waals surface area contributed by atoms with Crippen LogP contribution in [0, 0.1) is 0 Å². The number of hydrogen-bond donors (Lipinski definition) is 4. The van der Waals surface area contributed by atoms with Gasteiger partial charge in [0, 0.05) is 17.4 Å². The van der Waals surface area contributed by atoms with Crippen LogP contribution in [0.15, 0.2) is 36.5 Å². The maximum absolute atomic E-state index is 10.9. The summed E-state index contributed by atoms with van der Waals surface area (Å²) in [4.78, 5) is 21.5. The van der Waals surface area contributed by atoms with Crippen molar-refractivity contribution in [2.75, 3.05) is 5.75 Å². The van der Waals surface area contributed by atoms with Crippen molar-refractivity contribution in [3.8, 4) is 0 Å². The van der Waals surface area contributed by atoms with E-state index in [1.165, 1.54) is 50.3 Å². The first-order valence-corrected chi connectivity index (χ1v) is 11.9. The van der Waals surface area contributed by atoms with E-state index in [2.05, 4.69) is 13.0 Å². The van der Waals surface area contributed by atoms with E-state index >= 15 is 0 Å². The molecular formula is C23H39NO5S. The van der Waals surface area contributed by atoms with Crippen LogP contribution in [0.3, 0.4) is 0 Å². The summed E-state index contributed by atoms with van der Waals surface area (Å²) in [6.07, 6.45) is 20.2. The van der Waals surface area contributed by atoms with Crippen molar-refractivity contribution in [2.24, 2.45) is 5.73 Å². The molecule has 0 amide bonds. The van der Waals surface area contributed by atoms with E-state index in [0.29, 0.717) is 12.8 Å². The van der Waals surface area contributed by atoms with Gasteiger partial charge < -0.3 is 21.1 Å². The Morgan fingerprint density at radius 1 is 0.967 bits per heavy atom. The Morgan fingerprint density at radius 2 is 1.63 bits per heavy atom. The molecule has 6 nitrogen and oxygen atoms in total. The molecule has 0 aromatic rings. The van der Waals surface area contributed by atoms with Gasteiger partial charge in [0.05, 0.1) is 6.10 Å². The Balaban J connectivity index is 4.41. The summed E-state index contributed by atoms with van der Waals surface area (Å²) in [5.74, 6) is -1.81. The van der Waals surface area contributed by atoms with Crippen LogP contribution in [-0.4, -0.2) is 50.4 Å². The lowest BCUT2D eigenvalue weighted by Gasteiger charge is -2.20. The minimum Gasteiger partial charge on any atom is -0.481 e. The van der Waals surface area contributed by atoms with Crippen LogP contribution >= 0.6 is 11.8 Å². The molecule has 0 aromatic heterocycles. The number of hydrogen-bond acceptors (Lipinski definition) is 5. The number of aliphatic hydroxyl groups excluding tert-OH is 1. The van der Waals surface area contributed by atoms with Crippen molar-refractivity contribution in [3.05, 3.63) is 36.5 Å². The average Bonchev–Trinajstić information content (AvgIpc) is 2.70. The number of carboxylic acids is 2. The fourth-order valence-electron chi connectivity index (χ4n) is 2.73. The van der Waals surface area contributed by atoms with Crippen LogP contribution in [0.4, 0.5) is 0 Å². The quantitative estimate of drug-likeness (QED) is 0.172. The molecule has 0 spiro atoms. The third-order valence-electron chi connectivity index (χ3n) is 4.55. The van der Waals surface area contributed by atoms with Crippen molar-refractivity contribution >= 4 is 23.7 Å². The first-order chi connectivity index (χ1) is 14.4. The van der Waals surface area contributed by atoms with Gasteiger partial charge in [0.1, 0.15) is 6.04 Å².